The Bertz CT molecular complexity index is 939. The summed E-state index contributed by atoms with van der Waals surface area (Å²) in [6.07, 6.45) is -0.685. The smallest absolute Gasteiger partial charge is 0.265 e. The number of benzene rings is 3. The molecule has 4 nitrogen and oxygen atoms in total. The lowest BCUT2D eigenvalue weighted by Gasteiger charge is -2.28. The van der Waals surface area contributed by atoms with Gasteiger partial charge in [0.25, 0.3) is 5.91 Å². The van der Waals surface area contributed by atoms with Crippen LogP contribution in [-0.2, 0) is 4.79 Å². The Labute approximate surface area is 158 Å². The van der Waals surface area contributed by atoms with Crippen molar-refractivity contribution in [3.05, 3.63) is 95.6 Å². The number of rotatable bonds is 4. The van der Waals surface area contributed by atoms with Crippen molar-refractivity contribution in [2.75, 3.05) is 6.61 Å². The van der Waals surface area contributed by atoms with Crippen LogP contribution in [0.5, 0.6) is 11.5 Å². The van der Waals surface area contributed by atoms with Crippen molar-refractivity contribution in [3.63, 3.8) is 0 Å². The number of fused-ring (bicyclic) bond motifs is 1. The van der Waals surface area contributed by atoms with Crippen LogP contribution < -0.4 is 14.8 Å². The number of aryl methyl sites for hydroxylation is 1. The van der Waals surface area contributed by atoms with Crippen LogP contribution in [0.3, 0.4) is 0 Å². The molecule has 1 heterocycles. The molecule has 3 aromatic carbocycles. The van der Waals surface area contributed by atoms with Gasteiger partial charge in [-0.1, -0.05) is 66.7 Å². The fourth-order valence-electron chi connectivity index (χ4n) is 3.28. The minimum absolute atomic E-state index is 0.193. The summed E-state index contributed by atoms with van der Waals surface area (Å²) in [5.41, 5.74) is 3.21. The molecule has 0 fully saturated rings. The predicted octanol–water partition coefficient (Wildman–Crippen LogP) is 4.04. The molecule has 1 aliphatic heterocycles. The molecule has 1 amide bonds. The third-order valence-electron chi connectivity index (χ3n) is 4.72. The SMILES string of the molecule is Cc1ccccc1[C@@H](NC(=O)[C@H]1COc2ccccc2O1)c1ccccc1. The van der Waals surface area contributed by atoms with Crippen molar-refractivity contribution in [1.82, 2.24) is 5.32 Å². The first-order valence-corrected chi connectivity index (χ1v) is 9.02. The zero-order valence-electron chi connectivity index (χ0n) is 15.1. The fraction of sp³-hybridized carbons (Fsp3) is 0.174. The lowest BCUT2D eigenvalue weighted by Crippen LogP contribution is -2.45. The maximum atomic E-state index is 13.0. The molecule has 0 radical (unpaired) electrons. The molecule has 0 saturated carbocycles. The van der Waals surface area contributed by atoms with Gasteiger partial charge >= 0.3 is 0 Å². The zero-order chi connectivity index (χ0) is 18.6. The lowest BCUT2D eigenvalue weighted by atomic mass is 9.95. The second-order valence-corrected chi connectivity index (χ2v) is 6.57. The molecule has 0 saturated heterocycles. The summed E-state index contributed by atoms with van der Waals surface area (Å²) >= 11 is 0. The number of hydrogen-bond donors (Lipinski definition) is 1. The maximum absolute atomic E-state index is 13.0. The molecule has 0 aromatic heterocycles. The topological polar surface area (TPSA) is 47.6 Å². The second-order valence-electron chi connectivity index (χ2n) is 6.57. The molecule has 0 bridgehead atoms. The molecule has 136 valence electrons. The monoisotopic (exact) mass is 359 g/mol. The first kappa shape index (κ1) is 17.2. The summed E-state index contributed by atoms with van der Waals surface area (Å²) in [6.45, 7) is 2.24. The minimum Gasteiger partial charge on any atom is -0.485 e. The summed E-state index contributed by atoms with van der Waals surface area (Å²) < 4.78 is 11.5. The Balaban J connectivity index is 1.59. The van der Waals surface area contributed by atoms with Gasteiger partial charge in [0.2, 0.25) is 6.10 Å². The molecule has 0 unspecified atom stereocenters. The van der Waals surface area contributed by atoms with Crippen LogP contribution in [0.1, 0.15) is 22.7 Å². The van der Waals surface area contributed by atoms with Crippen molar-refractivity contribution in [1.29, 1.82) is 0 Å². The van der Waals surface area contributed by atoms with Crippen molar-refractivity contribution < 1.29 is 14.3 Å². The summed E-state index contributed by atoms with van der Waals surface area (Å²) in [4.78, 5) is 13.0. The Morgan fingerprint density at radius 3 is 2.37 bits per heavy atom. The van der Waals surface area contributed by atoms with E-state index in [2.05, 4.69) is 5.32 Å². The first-order valence-electron chi connectivity index (χ1n) is 9.02. The van der Waals surface area contributed by atoms with E-state index in [-0.39, 0.29) is 18.6 Å². The number of carbonyl (C=O) groups excluding carboxylic acids is 1. The van der Waals surface area contributed by atoms with Gasteiger partial charge in [0.1, 0.15) is 6.61 Å². The number of para-hydroxylation sites is 2. The van der Waals surface area contributed by atoms with E-state index in [4.69, 9.17) is 9.47 Å². The predicted molar refractivity (Wildman–Crippen MR) is 104 cm³/mol. The summed E-state index contributed by atoms with van der Waals surface area (Å²) in [7, 11) is 0. The van der Waals surface area contributed by atoms with Crippen LogP contribution >= 0.6 is 0 Å². The second kappa shape index (κ2) is 7.54. The van der Waals surface area contributed by atoms with Crippen LogP contribution in [-0.4, -0.2) is 18.6 Å². The third kappa shape index (κ3) is 3.65. The molecule has 3 aromatic rings. The average molecular weight is 359 g/mol. The van der Waals surface area contributed by atoms with E-state index in [1.165, 1.54) is 0 Å². The number of carbonyl (C=O) groups is 1. The molecule has 4 heteroatoms. The van der Waals surface area contributed by atoms with E-state index < -0.39 is 6.10 Å². The number of nitrogens with one attached hydrogen (secondary N) is 1. The highest BCUT2D eigenvalue weighted by Crippen LogP contribution is 2.31. The summed E-state index contributed by atoms with van der Waals surface area (Å²) in [5, 5.41) is 3.15. The van der Waals surface area contributed by atoms with Gasteiger partial charge in [0.15, 0.2) is 11.5 Å². The molecule has 1 N–H and O–H groups in total. The van der Waals surface area contributed by atoms with E-state index >= 15 is 0 Å². The summed E-state index contributed by atoms with van der Waals surface area (Å²) in [6, 6.07) is 25.2. The Hall–Kier alpha value is -3.27. The van der Waals surface area contributed by atoms with E-state index in [9.17, 15) is 4.79 Å². The molecule has 4 rings (SSSR count). The van der Waals surface area contributed by atoms with Gasteiger partial charge in [-0.15, -0.1) is 0 Å². The van der Waals surface area contributed by atoms with Gasteiger partial charge in [-0.3, -0.25) is 4.79 Å². The molecular formula is C23H21NO3. The third-order valence-corrected chi connectivity index (χ3v) is 4.72. The average Bonchev–Trinajstić information content (AvgIpc) is 2.73. The van der Waals surface area contributed by atoms with Crippen molar-refractivity contribution >= 4 is 5.91 Å². The molecule has 2 atom stereocenters. The quantitative estimate of drug-likeness (QED) is 0.765. The summed E-state index contributed by atoms with van der Waals surface area (Å²) in [5.74, 6) is 1.07. The van der Waals surface area contributed by atoms with Crippen molar-refractivity contribution in [2.24, 2.45) is 0 Å². The van der Waals surface area contributed by atoms with Crippen molar-refractivity contribution in [2.45, 2.75) is 19.1 Å². The minimum atomic E-state index is -0.685. The lowest BCUT2D eigenvalue weighted by molar-refractivity contribution is -0.130. The van der Waals surface area contributed by atoms with E-state index in [0.717, 1.165) is 16.7 Å². The highest BCUT2D eigenvalue weighted by molar-refractivity contribution is 5.82. The van der Waals surface area contributed by atoms with E-state index in [1.54, 1.807) is 0 Å². The van der Waals surface area contributed by atoms with E-state index in [1.807, 2.05) is 85.8 Å². The molecule has 0 aliphatic carbocycles. The molecule has 27 heavy (non-hydrogen) atoms. The molecular weight excluding hydrogens is 338 g/mol. The van der Waals surface area contributed by atoms with Gasteiger partial charge in [0, 0.05) is 0 Å². The highest BCUT2D eigenvalue weighted by Gasteiger charge is 2.29. The van der Waals surface area contributed by atoms with Crippen molar-refractivity contribution in [3.8, 4) is 11.5 Å². The molecule has 1 aliphatic rings. The van der Waals surface area contributed by atoms with Crippen LogP contribution in [0.2, 0.25) is 0 Å². The fourth-order valence-corrected chi connectivity index (χ4v) is 3.28. The van der Waals surface area contributed by atoms with E-state index in [0.29, 0.717) is 11.5 Å². The standard InChI is InChI=1S/C23H21NO3/c1-16-9-5-6-12-18(16)22(17-10-3-2-4-11-17)24-23(25)21-15-26-19-13-7-8-14-20(19)27-21/h2-14,21-22H,15H2,1H3,(H,24,25)/t21-,22+/m1/s1. The Morgan fingerprint density at radius 1 is 0.926 bits per heavy atom. The van der Waals surface area contributed by atoms with Gasteiger partial charge in [-0.2, -0.15) is 0 Å². The molecule has 0 spiro atoms. The van der Waals surface area contributed by atoms with Gasteiger partial charge in [-0.05, 0) is 35.7 Å². The number of amides is 1. The van der Waals surface area contributed by atoms with Gasteiger partial charge in [0.05, 0.1) is 6.04 Å². The number of ether oxygens (including phenoxy) is 2. The van der Waals surface area contributed by atoms with Crippen LogP contribution in [0.15, 0.2) is 78.9 Å². The Morgan fingerprint density at radius 2 is 1.59 bits per heavy atom. The highest BCUT2D eigenvalue weighted by atomic mass is 16.6. The first-order chi connectivity index (χ1) is 13.2. The van der Waals surface area contributed by atoms with Crippen LogP contribution in [0.4, 0.5) is 0 Å². The van der Waals surface area contributed by atoms with Crippen LogP contribution in [0.25, 0.3) is 0 Å². The largest absolute Gasteiger partial charge is 0.485 e. The number of hydrogen-bond acceptors (Lipinski definition) is 3. The van der Waals surface area contributed by atoms with Gasteiger partial charge < -0.3 is 14.8 Å². The van der Waals surface area contributed by atoms with Crippen LogP contribution in [0, 0.1) is 6.92 Å². The zero-order valence-corrected chi connectivity index (χ0v) is 15.1. The maximum Gasteiger partial charge on any atom is 0.265 e. The Kier molecular flexibility index (Phi) is 4.79. The van der Waals surface area contributed by atoms with Gasteiger partial charge in [-0.25, -0.2) is 0 Å². The normalized spacial score (nSPS) is 16.4.